The Kier molecular flexibility index (Phi) is 4.32. The van der Waals surface area contributed by atoms with Gasteiger partial charge in [-0.2, -0.15) is 0 Å². The largest absolute Gasteiger partial charge is 0.299 e. The second-order valence-electron chi connectivity index (χ2n) is 5.05. The molecule has 0 aliphatic heterocycles. The zero-order chi connectivity index (χ0) is 12.1. The van der Waals surface area contributed by atoms with Crippen molar-refractivity contribution in [3.63, 3.8) is 0 Å². The van der Waals surface area contributed by atoms with Gasteiger partial charge in [-0.3, -0.25) is 9.88 Å². The van der Waals surface area contributed by atoms with Crippen molar-refractivity contribution in [2.45, 2.75) is 32.2 Å². The Balaban J connectivity index is 1.91. The van der Waals surface area contributed by atoms with Gasteiger partial charge in [-0.15, -0.1) is 0 Å². The molecule has 0 amide bonds. The molecule has 1 aromatic heterocycles. The summed E-state index contributed by atoms with van der Waals surface area (Å²) in [6.07, 6.45) is 12.2. The maximum Gasteiger partial charge on any atom is 0.0318 e. The van der Waals surface area contributed by atoms with Gasteiger partial charge in [-0.25, -0.2) is 0 Å². The molecule has 0 unspecified atom stereocenters. The third-order valence-electron chi connectivity index (χ3n) is 3.77. The summed E-state index contributed by atoms with van der Waals surface area (Å²) in [4.78, 5) is 6.53. The van der Waals surface area contributed by atoms with Gasteiger partial charge in [0.25, 0.3) is 0 Å². The summed E-state index contributed by atoms with van der Waals surface area (Å²) in [6.45, 7) is 3.46. The SMILES string of the molecule is C[C@@H](c1ccncc1)N(C)C[C@@H]1CC=CCC1. The fraction of sp³-hybridized carbons (Fsp3) is 0.533. The van der Waals surface area contributed by atoms with Gasteiger partial charge in [-0.1, -0.05) is 12.2 Å². The van der Waals surface area contributed by atoms with E-state index in [4.69, 9.17) is 0 Å². The molecule has 2 heteroatoms. The molecule has 2 atom stereocenters. The molecule has 1 aromatic rings. The molecule has 2 rings (SSSR count). The van der Waals surface area contributed by atoms with Gasteiger partial charge in [-0.05, 0) is 56.8 Å². The van der Waals surface area contributed by atoms with E-state index in [1.165, 1.54) is 31.4 Å². The van der Waals surface area contributed by atoms with Crippen molar-refractivity contribution in [2.75, 3.05) is 13.6 Å². The summed E-state index contributed by atoms with van der Waals surface area (Å²) in [7, 11) is 2.23. The van der Waals surface area contributed by atoms with Crippen LogP contribution in [0.2, 0.25) is 0 Å². The lowest BCUT2D eigenvalue weighted by Crippen LogP contribution is -2.29. The second kappa shape index (κ2) is 5.97. The van der Waals surface area contributed by atoms with Crippen molar-refractivity contribution in [2.24, 2.45) is 5.92 Å². The first-order valence-electron chi connectivity index (χ1n) is 6.52. The molecule has 0 aromatic carbocycles. The van der Waals surface area contributed by atoms with Gasteiger partial charge >= 0.3 is 0 Å². The van der Waals surface area contributed by atoms with Crippen LogP contribution in [0.4, 0.5) is 0 Å². The summed E-state index contributed by atoms with van der Waals surface area (Å²) >= 11 is 0. The highest BCUT2D eigenvalue weighted by Crippen LogP contribution is 2.23. The average molecular weight is 230 g/mol. The fourth-order valence-electron chi connectivity index (χ4n) is 2.48. The molecule has 92 valence electrons. The first-order chi connectivity index (χ1) is 8.27. The summed E-state index contributed by atoms with van der Waals surface area (Å²) in [5, 5.41) is 0. The zero-order valence-electron chi connectivity index (χ0n) is 10.8. The predicted molar refractivity (Wildman–Crippen MR) is 71.8 cm³/mol. The number of aromatic nitrogens is 1. The van der Waals surface area contributed by atoms with E-state index in [1.54, 1.807) is 0 Å². The van der Waals surface area contributed by atoms with Gasteiger partial charge in [0.05, 0.1) is 0 Å². The molecular formula is C15H22N2. The van der Waals surface area contributed by atoms with Gasteiger partial charge in [0.15, 0.2) is 0 Å². The van der Waals surface area contributed by atoms with Gasteiger partial charge in [0.2, 0.25) is 0 Å². The van der Waals surface area contributed by atoms with Gasteiger partial charge in [0, 0.05) is 25.0 Å². The van der Waals surface area contributed by atoms with E-state index >= 15 is 0 Å². The van der Waals surface area contributed by atoms with E-state index in [9.17, 15) is 0 Å². The minimum Gasteiger partial charge on any atom is -0.299 e. The number of pyridine rings is 1. The van der Waals surface area contributed by atoms with Crippen LogP contribution in [0.1, 0.15) is 37.8 Å². The molecule has 0 N–H and O–H groups in total. The maximum atomic E-state index is 4.08. The lowest BCUT2D eigenvalue weighted by Gasteiger charge is -2.29. The average Bonchev–Trinajstić information content (AvgIpc) is 2.40. The Bertz CT molecular complexity index is 358. The number of rotatable bonds is 4. The fourth-order valence-corrected chi connectivity index (χ4v) is 2.48. The van der Waals surface area contributed by atoms with Gasteiger partial charge in [0.1, 0.15) is 0 Å². The summed E-state index contributed by atoms with van der Waals surface area (Å²) in [5.74, 6) is 0.828. The van der Waals surface area contributed by atoms with Crippen molar-refractivity contribution < 1.29 is 0 Å². The van der Waals surface area contributed by atoms with Crippen LogP contribution < -0.4 is 0 Å². The minimum absolute atomic E-state index is 0.476. The van der Waals surface area contributed by atoms with Crippen molar-refractivity contribution in [3.8, 4) is 0 Å². The highest BCUT2D eigenvalue weighted by atomic mass is 15.1. The molecular weight excluding hydrogens is 208 g/mol. The topological polar surface area (TPSA) is 16.1 Å². The van der Waals surface area contributed by atoms with Gasteiger partial charge < -0.3 is 0 Å². The third kappa shape index (κ3) is 3.40. The molecule has 0 saturated carbocycles. The lowest BCUT2D eigenvalue weighted by atomic mass is 9.93. The van der Waals surface area contributed by atoms with E-state index in [1.807, 2.05) is 12.4 Å². The Morgan fingerprint density at radius 3 is 2.76 bits per heavy atom. The quantitative estimate of drug-likeness (QED) is 0.737. The molecule has 1 aliphatic carbocycles. The normalized spacial score (nSPS) is 21.7. The molecule has 2 nitrogen and oxygen atoms in total. The molecule has 1 heterocycles. The first kappa shape index (κ1) is 12.3. The van der Waals surface area contributed by atoms with E-state index < -0.39 is 0 Å². The number of allylic oxidation sites excluding steroid dienone is 2. The molecule has 0 radical (unpaired) electrons. The van der Waals surface area contributed by atoms with Crippen LogP contribution in [0.5, 0.6) is 0 Å². The van der Waals surface area contributed by atoms with Crippen LogP contribution in [0.15, 0.2) is 36.7 Å². The summed E-state index contributed by atoms with van der Waals surface area (Å²) in [5.41, 5.74) is 1.36. The highest BCUT2D eigenvalue weighted by Gasteiger charge is 2.17. The number of hydrogen-bond acceptors (Lipinski definition) is 2. The van der Waals surface area contributed by atoms with E-state index in [-0.39, 0.29) is 0 Å². The standard InChI is InChI=1S/C15H22N2/c1-13(15-8-10-16-11-9-15)17(2)12-14-6-4-3-5-7-14/h3-4,8-11,13-14H,5-7,12H2,1-2H3/t13-,14+/m0/s1. The van der Waals surface area contributed by atoms with Crippen LogP contribution in [-0.2, 0) is 0 Å². The maximum absolute atomic E-state index is 4.08. The van der Waals surface area contributed by atoms with E-state index in [0.717, 1.165) is 5.92 Å². The van der Waals surface area contributed by atoms with Crippen molar-refractivity contribution in [3.05, 3.63) is 42.2 Å². The van der Waals surface area contributed by atoms with Crippen molar-refractivity contribution in [1.82, 2.24) is 9.88 Å². The van der Waals surface area contributed by atoms with Crippen molar-refractivity contribution >= 4 is 0 Å². The molecule has 0 spiro atoms. The summed E-state index contributed by atoms with van der Waals surface area (Å²) < 4.78 is 0. The van der Waals surface area contributed by atoms with Crippen LogP contribution in [0.3, 0.4) is 0 Å². The van der Waals surface area contributed by atoms with Crippen LogP contribution in [-0.4, -0.2) is 23.5 Å². The molecule has 1 aliphatic rings. The van der Waals surface area contributed by atoms with Crippen molar-refractivity contribution in [1.29, 1.82) is 0 Å². The molecule has 0 bridgehead atoms. The van der Waals surface area contributed by atoms with E-state index in [2.05, 4.69) is 48.1 Å². The smallest absolute Gasteiger partial charge is 0.0318 e. The second-order valence-corrected chi connectivity index (χ2v) is 5.05. The number of nitrogens with zero attached hydrogens (tertiary/aromatic N) is 2. The molecule has 0 saturated heterocycles. The van der Waals surface area contributed by atoms with E-state index in [0.29, 0.717) is 6.04 Å². The van der Waals surface area contributed by atoms with Crippen LogP contribution in [0.25, 0.3) is 0 Å². The lowest BCUT2D eigenvalue weighted by molar-refractivity contribution is 0.212. The monoisotopic (exact) mass is 230 g/mol. The Hall–Kier alpha value is -1.15. The number of hydrogen-bond donors (Lipinski definition) is 0. The Morgan fingerprint density at radius 1 is 1.35 bits per heavy atom. The third-order valence-corrected chi connectivity index (χ3v) is 3.77. The Morgan fingerprint density at radius 2 is 2.12 bits per heavy atom. The van der Waals surface area contributed by atoms with Crippen LogP contribution >= 0.6 is 0 Å². The molecule has 0 fully saturated rings. The summed E-state index contributed by atoms with van der Waals surface area (Å²) in [6, 6.07) is 4.70. The first-order valence-corrected chi connectivity index (χ1v) is 6.52. The minimum atomic E-state index is 0.476. The predicted octanol–water partition coefficient (Wildman–Crippen LogP) is 3.43. The highest BCUT2D eigenvalue weighted by molar-refractivity contribution is 5.14. The zero-order valence-corrected chi connectivity index (χ0v) is 10.8. The Labute approximate surface area is 104 Å². The van der Waals surface area contributed by atoms with Crippen LogP contribution in [0, 0.1) is 5.92 Å². The molecule has 17 heavy (non-hydrogen) atoms.